The highest BCUT2D eigenvalue weighted by Gasteiger charge is 2.45. The van der Waals surface area contributed by atoms with Crippen LogP contribution in [0.15, 0.2) is 47.7 Å². The van der Waals surface area contributed by atoms with Gasteiger partial charge in [-0.25, -0.2) is 13.0 Å². The number of fused-ring (bicyclic) bond motifs is 2. The zero-order chi connectivity index (χ0) is 21.9. The molecule has 0 amide bonds. The first-order valence-electron chi connectivity index (χ1n) is 10.0. The molecule has 1 aliphatic rings. The molecule has 1 fully saturated rings. The molecule has 0 radical (unpaired) electrons. The van der Waals surface area contributed by atoms with E-state index < -0.39 is 5.92 Å². The first-order chi connectivity index (χ1) is 14.8. The standard InChI is InChI=1S/C22H22F2N4O2S/c1-26-12-17(15-3-5-25-21(29)20(15)26)14-7-18(27(2)31-30)16-4-6-28(19(16)8-14)11-13-9-22(23,24)10-13/h3-8,12-13,31H,9-11H2,1-2H3,(H,25,29). The first kappa shape index (κ1) is 20.0. The van der Waals surface area contributed by atoms with Crippen LogP contribution in [0.1, 0.15) is 12.8 Å². The van der Waals surface area contributed by atoms with E-state index in [0.29, 0.717) is 12.1 Å². The summed E-state index contributed by atoms with van der Waals surface area (Å²) in [6, 6.07) is 7.76. The van der Waals surface area contributed by atoms with Crippen molar-refractivity contribution in [3.8, 4) is 11.1 Å². The van der Waals surface area contributed by atoms with Gasteiger partial charge in [0.15, 0.2) is 0 Å². The molecule has 6 nitrogen and oxygen atoms in total. The molecule has 0 bridgehead atoms. The van der Waals surface area contributed by atoms with Crippen molar-refractivity contribution in [1.82, 2.24) is 14.1 Å². The average molecular weight is 445 g/mol. The third-order valence-corrected chi connectivity index (χ3v) is 6.64. The molecule has 1 aliphatic carbocycles. The zero-order valence-corrected chi connectivity index (χ0v) is 18.0. The van der Waals surface area contributed by atoms with Crippen LogP contribution in [0, 0.1) is 5.92 Å². The molecule has 162 valence electrons. The second-order valence-electron chi connectivity index (χ2n) is 8.35. The molecule has 0 atom stereocenters. The second-order valence-corrected chi connectivity index (χ2v) is 9.12. The molecule has 31 heavy (non-hydrogen) atoms. The number of aromatic amines is 1. The van der Waals surface area contributed by atoms with Crippen molar-refractivity contribution in [2.24, 2.45) is 13.0 Å². The number of pyridine rings is 1. The van der Waals surface area contributed by atoms with Crippen LogP contribution < -0.4 is 9.86 Å². The lowest BCUT2D eigenvalue weighted by atomic mass is 9.81. The van der Waals surface area contributed by atoms with Gasteiger partial charge in [-0.2, -0.15) is 0 Å². The van der Waals surface area contributed by atoms with E-state index in [1.54, 1.807) is 22.1 Å². The topological polar surface area (TPSA) is 63.0 Å². The molecule has 4 aromatic rings. The quantitative estimate of drug-likeness (QED) is 0.460. The summed E-state index contributed by atoms with van der Waals surface area (Å²) in [5.74, 6) is -2.62. The van der Waals surface area contributed by atoms with Gasteiger partial charge in [0.25, 0.3) is 5.56 Å². The molecule has 0 saturated heterocycles. The molecular weight excluding hydrogens is 422 g/mol. The predicted molar refractivity (Wildman–Crippen MR) is 120 cm³/mol. The Bertz CT molecular complexity index is 1380. The number of hydrogen-bond acceptors (Lipinski definition) is 2. The van der Waals surface area contributed by atoms with Crippen LogP contribution in [0.2, 0.25) is 0 Å². The van der Waals surface area contributed by atoms with Gasteiger partial charge in [0.05, 0.1) is 11.2 Å². The molecule has 0 spiro atoms. The lowest BCUT2D eigenvalue weighted by Gasteiger charge is -2.35. The van der Waals surface area contributed by atoms with E-state index in [1.807, 2.05) is 48.3 Å². The average Bonchev–Trinajstić information content (AvgIpc) is 3.27. The number of rotatable bonds is 5. The molecule has 0 unspecified atom stereocenters. The fourth-order valence-electron chi connectivity index (χ4n) is 4.69. The Balaban J connectivity index is 1.69. The lowest BCUT2D eigenvalue weighted by molar-refractivity contribution is -0.113. The fourth-order valence-corrected chi connectivity index (χ4v) is 4.94. The summed E-state index contributed by atoms with van der Waals surface area (Å²) in [4.78, 5) is 15.0. The minimum Gasteiger partial charge on any atom is -0.347 e. The number of hydrogen-bond donors (Lipinski definition) is 2. The van der Waals surface area contributed by atoms with Gasteiger partial charge in [-0.1, -0.05) is 0 Å². The van der Waals surface area contributed by atoms with Crippen molar-refractivity contribution in [1.29, 1.82) is 0 Å². The van der Waals surface area contributed by atoms with E-state index >= 15 is 0 Å². The highest BCUT2D eigenvalue weighted by Crippen LogP contribution is 2.44. The summed E-state index contributed by atoms with van der Waals surface area (Å²) in [5, 5.41) is 1.72. The monoisotopic (exact) mass is 444 g/mol. The van der Waals surface area contributed by atoms with Crippen molar-refractivity contribution in [2.45, 2.75) is 25.3 Å². The highest BCUT2D eigenvalue weighted by molar-refractivity contribution is 7.67. The number of H-pyrrole nitrogens is 1. The molecule has 3 heterocycles. The number of nitrogens with zero attached hydrogens (tertiary/aromatic N) is 3. The first-order valence-corrected chi connectivity index (χ1v) is 10.8. The van der Waals surface area contributed by atoms with E-state index in [2.05, 4.69) is 4.98 Å². The fraction of sp³-hybridized carbons (Fsp3) is 0.318. The van der Waals surface area contributed by atoms with E-state index in [9.17, 15) is 17.8 Å². The Morgan fingerprint density at radius 2 is 2.03 bits per heavy atom. The molecule has 1 saturated carbocycles. The third-order valence-electron chi connectivity index (χ3n) is 6.18. The summed E-state index contributed by atoms with van der Waals surface area (Å²) in [7, 11) is 3.55. The maximum absolute atomic E-state index is 13.3. The van der Waals surface area contributed by atoms with Gasteiger partial charge in [-0.15, -0.1) is 0 Å². The van der Waals surface area contributed by atoms with E-state index in [-0.39, 0.29) is 36.2 Å². The minimum absolute atomic E-state index is 0.0656. The Morgan fingerprint density at radius 1 is 1.26 bits per heavy atom. The van der Waals surface area contributed by atoms with E-state index in [1.165, 1.54) is 0 Å². The van der Waals surface area contributed by atoms with Crippen LogP contribution in [0.5, 0.6) is 0 Å². The Morgan fingerprint density at radius 3 is 2.74 bits per heavy atom. The molecule has 0 aliphatic heterocycles. The maximum Gasteiger partial charge on any atom is 0.272 e. The van der Waals surface area contributed by atoms with Crippen molar-refractivity contribution >= 4 is 39.3 Å². The second kappa shape index (κ2) is 7.05. The number of halogens is 2. The third kappa shape index (κ3) is 3.27. The summed E-state index contributed by atoms with van der Waals surface area (Å²) in [6.07, 6.45) is 5.24. The molecular formula is C22H22F2N4O2S. The van der Waals surface area contributed by atoms with Gasteiger partial charge < -0.3 is 14.1 Å². The lowest BCUT2D eigenvalue weighted by Crippen LogP contribution is -2.37. The molecule has 5 rings (SSSR count). The highest BCUT2D eigenvalue weighted by atomic mass is 32.2. The molecule has 9 heteroatoms. The van der Waals surface area contributed by atoms with Gasteiger partial charge in [0, 0.05) is 68.4 Å². The van der Waals surface area contributed by atoms with Crippen molar-refractivity contribution in [3.05, 3.63) is 53.2 Å². The van der Waals surface area contributed by atoms with Crippen molar-refractivity contribution < 1.29 is 13.0 Å². The van der Waals surface area contributed by atoms with Crippen LogP contribution in [0.3, 0.4) is 0 Å². The molecule has 3 aromatic heterocycles. The van der Waals surface area contributed by atoms with Gasteiger partial charge in [-0.3, -0.25) is 9.10 Å². The van der Waals surface area contributed by atoms with Crippen molar-refractivity contribution in [2.75, 3.05) is 11.4 Å². The molecule has 1 aromatic carbocycles. The normalized spacial score (nSPS) is 16.1. The smallest absolute Gasteiger partial charge is 0.272 e. The Labute approximate surface area is 180 Å². The van der Waals surface area contributed by atoms with Crippen LogP contribution in [0.4, 0.5) is 14.5 Å². The number of aryl methyl sites for hydroxylation is 1. The Kier molecular flexibility index (Phi) is 4.55. The van der Waals surface area contributed by atoms with Crippen LogP contribution in [-0.4, -0.2) is 31.3 Å². The summed E-state index contributed by atoms with van der Waals surface area (Å²) in [5.41, 5.74) is 3.81. The van der Waals surface area contributed by atoms with Crippen LogP contribution in [-0.2, 0) is 25.4 Å². The van der Waals surface area contributed by atoms with Crippen LogP contribution in [0.25, 0.3) is 32.9 Å². The largest absolute Gasteiger partial charge is 0.347 e. The number of nitrogens with one attached hydrogen (secondary N) is 1. The van der Waals surface area contributed by atoms with Crippen LogP contribution >= 0.6 is 0 Å². The minimum atomic E-state index is -2.55. The summed E-state index contributed by atoms with van der Waals surface area (Å²) < 4.78 is 43.7. The Hall–Kier alpha value is -2.94. The van der Waals surface area contributed by atoms with Gasteiger partial charge >= 0.3 is 0 Å². The summed E-state index contributed by atoms with van der Waals surface area (Å²) in [6.45, 7) is 0.510. The van der Waals surface area contributed by atoms with Gasteiger partial charge in [0.1, 0.15) is 17.4 Å². The number of anilines is 1. The summed E-state index contributed by atoms with van der Waals surface area (Å²) >= 11 is -0.152. The van der Waals surface area contributed by atoms with E-state index in [4.69, 9.17) is 0 Å². The number of thiol groups is 1. The van der Waals surface area contributed by atoms with Gasteiger partial charge in [0.2, 0.25) is 5.92 Å². The predicted octanol–water partition coefficient (Wildman–Crippen LogP) is 3.83. The van der Waals surface area contributed by atoms with Crippen molar-refractivity contribution in [3.63, 3.8) is 0 Å². The van der Waals surface area contributed by atoms with Gasteiger partial charge in [-0.05, 0) is 35.7 Å². The maximum atomic E-state index is 13.3. The SMILES string of the molecule is CN([SH]=O)c1cc(-c2cn(C)c3c(=O)[nH]ccc23)cc2c1ccn2CC1CC(F)(F)C1. The van der Waals surface area contributed by atoms with E-state index in [0.717, 1.165) is 33.1 Å². The molecule has 1 N–H and O–H groups in total. The number of aromatic nitrogens is 3. The number of alkyl halides is 2. The number of benzene rings is 1. The zero-order valence-electron chi connectivity index (χ0n) is 17.1.